The van der Waals surface area contributed by atoms with Crippen LogP contribution in [-0.2, 0) is 0 Å². The molecule has 116 valence electrons. The number of nitro groups is 1. The fourth-order valence-corrected chi connectivity index (χ4v) is 1.49. The molecule has 0 aromatic carbocycles. The first-order valence-corrected chi connectivity index (χ1v) is 5.56. The van der Waals surface area contributed by atoms with Crippen LogP contribution in [0.25, 0.3) is 0 Å². The van der Waals surface area contributed by atoms with Gasteiger partial charge in [0.05, 0.1) is 16.9 Å². The van der Waals surface area contributed by atoms with Gasteiger partial charge in [0.1, 0.15) is 12.0 Å². The Hall–Kier alpha value is -2.59. The van der Waals surface area contributed by atoms with Crippen molar-refractivity contribution in [3.8, 4) is 0 Å². The van der Waals surface area contributed by atoms with Crippen LogP contribution < -0.4 is 10.6 Å². The molecule has 0 saturated carbocycles. The lowest BCUT2D eigenvalue weighted by Gasteiger charge is -2.21. The molecule has 0 fully saturated rings. The Morgan fingerprint density at radius 2 is 2.24 bits per heavy atom. The third-order valence-electron chi connectivity index (χ3n) is 2.54. The summed E-state index contributed by atoms with van der Waals surface area (Å²) in [5, 5.41) is 22.0. The van der Waals surface area contributed by atoms with E-state index in [0.29, 0.717) is 0 Å². The molecular formula is C10H12F3N5O3. The Kier molecular flexibility index (Phi) is 4.89. The Bertz CT molecular complexity index is 561. The molecule has 0 amide bonds. The number of halogens is 3. The lowest BCUT2D eigenvalue weighted by molar-refractivity contribution is -0.385. The van der Waals surface area contributed by atoms with Gasteiger partial charge in [-0.1, -0.05) is 5.16 Å². The van der Waals surface area contributed by atoms with Crippen molar-refractivity contribution in [2.24, 2.45) is 10.9 Å². The van der Waals surface area contributed by atoms with Crippen molar-refractivity contribution in [1.29, 1.82) is 0 Å². The van der Waals surface area contributed by atoms with E-state index in [1.54, 1.807) is 0 Å². The summed E-state index contributed by atoms with van der Waals surface area (Å²) in [6.07, 6.45) is -4.57. The van der Waals surface area contributed by atoms with Crippen LogP contribution in [0.3, 0.4) is 0 Å². The molecule has 11 heteroatoms. The van der Waals surface area contributed by atoms with Gasteiger partial charge in [0, 0.05) is 19.7 Å². The lowest BCUT2D eigenvalue weighted by Crippen LogP contribution is -2.28. The number of oxime groups is 1. The third-order valence-corrected chi connectivity index (χ3v) is 2.54. The summed E-state index contributed by atoms with van der Waals surface area (Å²) in [5.74, 6) is -0.541. The predicted octanol–water partition coefficient (Wildman–Crippen LogP) is 1.47. The van der Waals surface area contributed by atoms with Crippen molar-refractivity contribution in [2.75, 3.05) is 18.5 Å². The van der Waals surface area contributed by atoms with Crippen LogP contribution in [0.4, 0.5) is 24.7 Å². The van der Waals surface area contributed by atoms with Crippen LogP contribution in [0.5, 0.6) is 0 Å². The van der Waals surface area contributed by atoms with E-state index in [2.05, 4.69) is 10.1 Å². The molecule has 0 saturated heterocycles. The summed E-state index contributed by atoms with van der Waals surface area (Å²) >= 11 is 0. The number of rotatable bonds is 5. The summed E-state index contributed by atoms with van der Waals surface area (Å²) in [4.78, 5) is 14.7. The molecule has 3 N–H and O–H groups in total. The maximum absolute atomic E-state index is 12.2. The molecule has 0 aliphatic heterocycles. The molecule has 0 unspecified atom stereocenters. The minimum atomic E-state index is -4.36. The fourth-order valence-electron chi connectivity index (χ4n) is 1.49. The minimum absolute atomic E-state index is 0.0554. The normalized spacial score (nSPS) is 12.3. The number of hydrogen-bond acceptors (Lipinski definition) is 6. The van der Waals surface area contributed by atoms with Gasteiger partial charge in [-0.15, -0.1) is 0 Å². The number of pyridine rings is 1. The predicted molar refractivity (Wildman–Crippen MR) is 67.3 cm³/mol. The maximum Gasteiger partial charge on any atom is 0.390 e. The van der Waals surface area contributed by atoms with E-state index < -0.39 is 35.6 Å². The van der Waals surface area contributed by atoms with Crippen LogP contribution in [-0.4, -0.2) is 40.7 Å². The highest BCUT2D eigenvalue weighted by Gasteiger charge is 2.28. The van der Waals surface area contributed by atoms with Gasteiger partial charge in [-0.25, -0.2) is 4.98 Å². The molecule has 1 aromatic heterocycles. The molecule has 0 aliphatic rings. The van der Waals surface area contributed by atoms with Crippen molar-refractivity contribution in [1.82, 2.24) is 4.98 Å². The number of aromatic nitrogens is 1. The third kappa shape index (κ3) is 4.47. The molecule has 1 heterocycles. The van der Waals surface area contributed by atoms with Gasteiger partial charge in [-0.3, -0.25) is 10.1 Å². The average molecular weight is 307 g/mol. The Morgan fingerprint density at radius 1 is 1.62 bits per heavy atom. The smallest absolute Gasteiger partial charge is 0.390 e. The van der Waals surface area contributed by atoms with Crippen molar-refractivity contribution in [3.63, 3.8) is 0 Å². The molecule has 1 aromatic rings. The van der Waals surface area contributed by atoms with Gasteiger partial charge in [0.25, 0.3) is 5.69 Å². The number of nitrogens with zero attached hydrogens (tertiary/aromatic N) is 4. The van der Waals surface area contributed by atoms with Crippen molar-refractivity contribution in [2.45, 2.75) is 12.6 Å². The zero-order valence-corrected chi connectivity index (χ0v) is 10.8. The molecule has 1 rings (SSSR count). The lowest BCUT2D eigenvalue weighted by atomic mass is 10.2. The largest absolute Gasteiger partial charge is 0.409 e. The first kappa shape index (κ1) is 16.5. The first-order valence-electron chi connectivity index (χ1n) is 5.56. The molecular weight excluding hydrogens is 295 g/mol. The Morgan fingerprint density at radius 3 is 2.71 bits per heavy atom. The summed E-state index contributed by atoms with van der Waals surface area (Å²) in [6.45, 7) is -0.431. The number of nitrogens with two attached hydrogens (primary N) is 1. The van der Waals surface area contributed by atoms with Crippen LogP contribution >= 0.6 is 0 Å². The van der Waals surface area contributed by atoms with Crippen LogP contribution in [0.2, 0.25) is 0 Å². The van der Waals surface area contributed by atoms with E-state index in [1.165, 1.54) is 7.05 Å². The highest BCUT2D eigenvalue weighted by atomic mass is 19.4. The van der Waals surface area contributed by atoms with Gasteiger partial charge < -0.3 is 15.8 Å². The zero-order valence-electron chi connectivity index (χ0n) is 10.8. The quantitative estimate of drug-likeness (QED) is 0.279. The zero-order chi connectivity index (χ0) is 16.2. The van der Waals surface area contributed by atoms with Crippen LogP contribution in [0, 0.1) is 10.1 Å². The average Bonchev–Trinajstić information content (AvgIpc) is 2.42. The number of anilines is 1. The van der Waals surface area contributed by atoms with E-state index in [4.69, 9.17) is 10.9 Å². The van der Waals surface area contributed by atoms with Crippen LogP contribution in [0.15, 0.2) is 17.4 Å². The summed E-state index contributed by atoms with van der Waals surface area (Å²) in [7, 11) is 1.31. The molecule has 0 bridgehead atoms. The molecule has 21 heavy (non-hydrogen) atoms. The molecule has 8 nitrogen and oxygen atoms in total. The second kappa shape index (κ2) is 6.24. The fraction of sp³-hybridized carbons (Fsp3) is 0.400. The van der Waals surface area contributed by atoms with Crippen molar-refractivity contribution in [3.05, 3.63) is 27.9 Å². The molecule has 0 radical (unpaired) electrons. The summed E-state index contributed by atoms with van der Waals surface area (Å²) in [5.41, 5.74) is 4.82. The van der Waals surface area contributed by atoms with Crippen molar-refractivity contribution >= 4 is 17.3 Å². The minimum Gasteiger partial charge on any atom is -0.409 e. The maximum atomic E-state index is 12.2. The topological polar surface area (TPSA) is 118 Å². The van der Waals surface area contributed by atoms with E-state index in [1.807, 2.05) is 0 Å². The molecule has 0 aliphatic carbocycles. The molecule has 0 spiro atoms. The summed E-state index contributed by atoms with van der Waals surface area (Å²) < 4.78 is 36.6. The Balaban J connectivity index is 3.13. The number of amidine groups is 1. The first-order chi connectivity index (χ1) is 9.65. The second-order valence-corrected chi connectivity index (χ2v) is 4.09. The van der Waals surface area contributed by atoms with E-state index in [0.717, 1.165) is 17.2 Å². The van der Waals surface area contributed by atoms with Gasteiger partial charge in [-0.05, 0) is 0 Å². The van der Waals surface area contributed by atoms with E-state index in [9.17, 15) is 23.3 Å². The second-order valence-electron chi connectivity index (χ2n) is 4.09. The van der Waals surface area contributed by atoms with E-state index in [-0.39, 0.29) is 11.4 Å². The van der Waals surface area contributed by atoms with Gasteiger partial charge >= 0.3 is 6.18 Å². The highest BCUT2D eigenvalue weighted by Crippen LogP contribution is 2.24. The number of alkyl halides is 3. The number of hydrogen-bond donors (Lipinski definition) is 2. The van der Waals surface area contributed by atoms with Gasteiger partial charge in [-0.2, -0.15) is 13.2 Å². The monoisotopic (exact) mass is 307 g/mol. The molecule has 0 atom stereocenters. The Labute approximate surface area is 116 Å². The van der Waals surface area contributed by atoms with Crippen molar-refractivity contribution < 1.29 is 23.3 Å². The summed E-state index contributed by atoms with van der Waals surface area (Å²) in [6, 6.07) is 0.974. The standard InChI is InChI=1S/C10H12F3N5O3/c1-17(3-2-10(11,12)13)9-7(8(14)16-19)4-6(5-15-9)18(20)21/h4-5,19H,2-3H2,1H3,(H2,14,16). The van der Waals surface area contributed by atoms with Gasteiger partial charge in [0.2, 0.25) is 0 Å². The van der Waals surface area contributed by atoms with E-state index >= 15 is 0 Å². The SMILES string of the molecule is CN(CCC(F)(F)F)c1ncc([N+](=O)[O-])cc1C(N)=NO. The van der Waals surface area contributed by atoms with Gasteiger partial charge in [0.15, 0.2) is 5.84 Å². The van der Waals surface area contributed by atoms with Crippen LogP contribution in [0.1, 0.15) is 12.0 Å². The highest BCUT2D eigenvalue weighted by molar-refractivity contribution is 6.01.